The Bertz CT molecular complexity index is 963. The highest BCUT2D eigenvalue weighted by Gasteiger charge is 2.16. The van der Waals surface area contributed by atoms with Gasteiger partial charge in [-0.1, -0.05) is 6.07 Å². The third kappa shape index (κ3) is 4.16. The molecule has 0 bridgehead atoms. The molecule has 0 aliphatic carbocycles. The van der Waals surface area contributed by atoms with Crippen molar-refractivity contribution in [3.05, 3.63) is 47.8 Å². The van der Waals surface area contributed by atoms with E-state index in [9.17, 15) is 0 Å². The van der Waals surface area contributed by atoms with Gasteiger partial charge in [0, 0.05) is 24.3 Å². The Balaban J connectivity index is 2.08. The molecule has 3 aromatic rings. The summed E-state index contributed by atoms with van der Waals surface area (Å²) in [5.74, 6) is 2.71. The first-order valence-electron chi connectivity index (χ1n) is 9.71. The second-order valence-corrected chi connectivity index (χ2v) is 6.51. The molecule has 3 rings (SSSR count). The SMILES string of the molecule is CCNc1c(OCC)ccc2c(Cc3cc(OC)c(OC)c(OC)c3)cncc12. The molecule has 0 atom stereocenters. The number of anilines is 1. The molecule has 0 spiro atoms. The van der Waals surface area contributed by atoms with Crippen molar-refractivity contribution >= 4 is 16.5 Å². The van der Waals surface area contributed by atoms with Gasteiger partial charge in [0.25, 0.3) is 0 Å². The van der Waals surface area contributed by atoms with Crippen molar-refractivity contribution in [3.63, 3.8) is 0 Å². The van der Waals surface area contributed by atoms with Gasteiger partial charge in [-0.2, -0.15) is 0 Å². The molecule has 6 nitrogen and oxygen atoms in total. The molecule has 1 aromatic heterocycles. The maximum absolute atomic E-state index is 5.80. The van der Waals surface area contributed by atoms with Crippen LogP contribution in [0.25, 0.3) is 10.8 Å². The normalized spacial score (nSPS) is 10.7. The van der Waals surface area contributed by atoms with Gasteiger partial charge >= 0.3 is 0 Å². The molecule has 1 heterocycles. The smallest absolute Gasteiger partial charge is 0.203 e. The summed E-state index contributed by atoms with van der Waals surface area (Å²) >= 11 is 0. The Morgan fingerprint density at radius 3 is 2.17 bits per heavy atom. The number of fused-ring (bicyclic) bond motifs is 1. The van der Waals surface area contributed by atoms with Crippen molar-refractivity contribution in [3.8, 4) is 23.0 Å². The molecule has 0 aliphatic heterocycles. The van der Waals surface area contributed by atoms with Crippen molar-refractivity contribution in [2.24, 2.45) is 0 Å². The monoisotopic (exact) mass is 396 g/mol. The third-order valence-electron chi connectivity index (χ3n) is 4.76. The van der Waals surface area contributed by atoms with Crippen LogP contribution in [0.1, 0.15) is 25.0 Å². The first-order chi connectivity index (χ1) is 14.2. The lowest BCUT2D eigenvalue weighted by Gasteiger charge is -2.17. The molecule has 2 aromatic carbocycles. The number of nitrogens with zero attached hydrogens (tertiary/aromatic N) is 1. The van der Waals surface area contributed by atoms with E-state index in [0.29, 0.717) is 30.3 Å². The van der Waals surface area contributed by atoms with Crippen LogP contribution in [-0.2, 0) is 6.42 Å². The Morgan fingerprint density at radius 2 is 1.59 bits per heavy atom. The fourth-order valence-corrected chi connectivity index (χ4v) is 3.52. The van der Waals surface area contributed by atoms with Crippen LogP contribution in [0.3, 0.4) is 0 Å². The van der Waals surface area contributed by atoms with Gasteiger partial charge in [0.05, 0.1) is 33.6 Å². The van der Waals surface area contributed by atoms with Gasteiger partial charge in [0.2, 0.25) is 5.75 Å². The third-order valence-corrected chi connectivity index (χ3v) is 4.76. The predicted octanol–water partition coefficient (Wildman–Crippen LogP) is 4.68. The van der Waals surface area contributed by atoms with E-state index in [1.165, 1.54) is 0 Å². The zero-order valence-corrected chi connectivity index (χ0v) is 17.7. The van der Waals surface area contributed by atoms with E-state index in [1.807, 2.05) is 37.5 Å². The molecule has 1 N–H and O–H groups in total. The maximum atomic E-state index is 5.80. The van der Waals surface area contributed by atoms with E-state index in [1.54, 1.807) is 21.3 Å². The van der Waals surface area contributed by atoms with Crippen LogP contribution in [0.4, 0.5) is 5.69 Å². The summed E-state index contributed by atoms with van der Waals surface area (Å²) < 4.78 is 22.2. The van der Waals surface area contributed by atoms with Crippen molar-refractivity contribution in [2.45, 2.75) is 20.3 Å². The van der Waals surface area contributed by atoms with Crippen molar-refractivity contribution in [1.29, 1.82) is 0 Å². The second kappa shape index (κ2) is 9.37. The summed E-state index contributed by atoms with van der Waals surface area (Å²) in [7, 11) is 4.85. The molecule has 29 heavy (non-hydrogen) atoms. The topological polar surface area (TPSA) is 61.8 Å². The standard InChI is InChI=1S/C23H28N2O4/c1-6-25-22-18-14-24-13-16(17(18)8-9-19(22)29-7-2)10-15-11-20(26-3)23(28-5)21(12-15)27-4/h8-9,11-14,25H,6-7,10H2,1-5H3. The van der Waals surface area contributed by atoms with Crippen molar-refractivity contribution in [1.82, 2.24) is 4.98 Å². The second-order valence-electron chi connectivity index (χ2n) is 6.51. The average Bonchev–Trinajstić information content (AvgIpc) is 2.75. The van der Waals surface area contributed by atoms with Gasteiger partial charge in [-0.05, 0) is 55.0 Å². The van der Waals surface area contributed by atoms with Crippen LogP contribution in [0.5, 0.6) is 23.0 Å². The molecule has 154 valence electrons. The number of pyridine rings is 1. The number of hydrogen-bond donors (Lipinski definition) is 1. The zero-order chi connectivity index (χ0) is 20.8. The molecule has 0 saturated carbocycles. The molecule has 0 aliphatic rings. The van der Waals surface area contributed by atoms with E-state index < -0.39 is 0 Å². The minimum Gasteiger partial charge on any atom is -0.493 e. The summed E-state index contributed by atoms with van der Waals surface area (Å²) in [6.45, 7) is 5.47. The van der Waals surface area contributed by atoms with Crippen LogP contribution in [0.15, 0.2) is 36.7 Å². The lowest BCUT2D eigenvalue weighted by atomic mass is 9.99. The lowest BCUT2D eigenvalue weighted by molar-refractivity contribution is 0.324. The van der Waals surface area contributed by atoms with E-state index in [-0.39, 0.29) is 0 Å². The molecule has 0 saturated heterocycles. The minimum absolute atomic E-state index is 0.589. The number of ether oxygens (including phenoxy) is 4. The molecule has 6 heteroatoms. The van der Waals surface area contributed by atoms with Gasteiger partial charge in [0.1, 0.15) is 5.75 Å². The van der Waals surface area contributed by atoms with E-state index in [4.69, 9.17) is 18.9 Å². The number of hydrogen-bond acceptors (Lipinski definition) is 6. The van der Waals surface area contributed by atoms with Crippen molar-refractivity contribution < 1.29 is 18.9 Å². The average molecular weight is 396 g/mol. The van der Waals surface area contributed by atoms with Crippen LogP contribution in [0.2, 0.25) is 0 Å². The summed E-state index contributed by atoms with van der Waals surface area (Å²) in [5.41, 5.74) is 3.14. The van der Waals surface area contributed by atoms with Gasteiger partial charge in [-0.15, -0.1) is 0 Å². The highest BCUT2D eigenvalue weighted by atomic mass is 16.5. The van der Waals surface area contributed by atoms with Crippen LogP contribution in [0, 0.1) is 0 Å². The Morgan fingerprint density at radius 1 is 0.862 bits per heavy atom. The van der Waals surface area contributed by atoms with Crippen molar-refractivity contribution in [2.75, 3.05) is 39.8 Å². The van der Waals surface area contributed by atoms with Gasteiger partial charge in [-0.3, -0.25) is 4.98 Å². The van der Waals surface area contributed by atoms with Gasteiger partial charge in [0.15, 0.2) is 11.5 Å². The first kappa shape index (κ1) is 20.6. The van der Waals surface area contributed by atoms with Crippen LogP contribution >= 0.6 is 0 Å². The van der Waals surface area contributed by atoms with Gasteiger partial charge in [-0.25, -0.2) is 0 Å². The van der Waals surface area contributed by atoms with Crippen LogP contribution < -0.4 is 24.3 Å². The van der Waals surface area contributed by atoms with Crippen LogP contribution in [-0.4, -0.2) is 39.5 Å². The predicted molar refractivity (Wildman–Crippen MR) is 116 cm³/mol. The number of methoxy groups -OCH3 is 3. The largest absolute Gasteiger partial charge is 0.493 e. The molecule has 0 fully saturated rings. The highest BCUT2D eigenvalue weighted by Crippen LogP contribution is 2.40. The number of nitrogens with one attached hydrogen (secondary N) is 1. The summed E-state index contributed by atoms with van der Waals surface area (Å²) in [6.07, 6.45) is 4.47. The Kier molecular flexibility index (Phi) is 6.65. The summed E-state index contributed by atoms with van der Waals surface area (Å²) in [6, 6.07) is 8.05. The number of rotatable bonds is 9. The molecule has 0 radical (unpaired) electrons. The van der Waals surface area contributed by atoms with E-state index in [2.05, 4.69) is 23.3 Å². The van der Waals surface area contributed by atoms with Gasteiger partial charge < -0.3 is 24.3 Å². The summed E-state index contributed by atoms with van der Waals surface area (Å²) in [5, 5.41) is 5.60. The lowest BCUT2D eigenvalue weighted by Crippen LogP contribution is -2.03. The zero-order valence-electron chi connectivity index (χ0n) is 17.7. The first-order valence-corrected chi connectivity index (χ1v) is 9.71. The Labute approximate surface area is 171 Å². The number of benzene rings is 2. The van der Waals surface area contributed by atoms with E-state index in [0.717, 1.165) is 39.9 Å². The molecular weight excluding hydrogens is 368 g/mol. The Hall–Kier alpha value is -3.15. The molecule has 0 amide bonds. The van der Waals surface area contributed by atoms with E-state index >= 15 is 0 Å². The maximum Gasteiger partial charge on any atom is 0.203 e. The molecule has 0 unspecified atom stereocenters. The fourth-order valence-electron chi connectivity index (χ4n) is 3.52. The number of aromatic nitrogens is 1. The fraction of sp³-hybridized carbons (Fsp3) is 0.348. The minimum atomic E-state index is 0.589. The molecular formula is C23H28N2O4. The quantitative estimate of drug-likeness (QED) is 0.567. The summed E-state index contributed by atoms with van der Waals surface area (Å²) in [4.78, 5) is 4.49. The highest BCUT2D eigenvalue weighted by molar-refractivity contribution is 5.98.